The SMILES string of the molecule is CC(C)(C)c1nc(N)cc(-c2cnc3ccccc3c2)n1. The van der Waals surface area contributed by atoms with Crippen LogP contribution < -0.4 is 5.73 Å². The summed E-state index contributed by atoms with van der Waals surface area (Å²) in [6.07, 6.45) is 1.83. The first kappa shape index (κ1) is 13.5. The van der Waals surface area contributed by atoms with Crippen molar-refractivity contribution in [3.05, 3.63) is 48.4 Å². The second-order valence-corrected chi connectivity index (χ2v) is 6.17. The number of nitrogen functional groups attached to an aromatic ring is 1. The first-order valence-electron chi connectivity index (χ1n) is 6.94. The number of benzene rings is 1. The summed E-state index contributed by atoms with van der Waals surface area (Å²) in [5, 5.41) is 1.09. The zero-order valence-corrected chi connectivity index (χ0v) is 12.5. The van der Waals surface area contributed by atoms with Crippen LogP contribution in [0.2, 0.25) is 0 Å². The third-order valence-corrected chi connectivity index (χ3v) is 3.30. The highest BCUT2D eigenvalue weighted by Crippen LogP contribution is 2.26. The number of nitrogens with two attached hydrogens (primary N) is 1. The molecule has 4 nitrogen and oxygen atoms in total. The molecule has 0 saturated carbocycles. The maximum Gasteiger partial charge on any atom is 0.136 e. The van der Waals surface area contributed by atoms with Crippen LogP contribution in [0.4, 0.5) is 5.82 Å². The molecule has 0 bridgehead atoms. The van der Waals surface area contributed by atoms with Gasteiger partial charge < -0.3 is 5.73 Å². The molecule has 0 amide bonds. The van der Waals surface area contributed by atoms with Crippen molar-refractivity contribution in [3.63, 3.8) is 0 Å². The lowest BCUT2D eigenvalue weighted by atomic mass is 9.95. The summed E-state index contributed by atoms with van der Waals surface area (Å²) in [4.78, 5) is 13.5. The van der Waals surface area contributed by atoms with Crippen molar-refractivity contribution in [3.8, 4) is 11.3 Å². The molecule has 0 spiro atoms. The maximum absolute atomic E-state index is 5.93. The van der Waals surface area contributed by atoms with E-state index in [1.165, 1.54) is 0 Å². The van der Waals surface area contributed by atoms with Crippen LogP contribution in [-0.2, 0) is 5.41 Å². The van der Waals surface area contributed by atoms with Crippen LogP contribution in [-0.4, -0.2) is 15.0 Å². The highest BCUT2D eigenvalue weighted by Gasteiger charge is 2.19. The molecule has 2 heterocycles. The molecular weight excluding hydrogens is 260 g/mol. The van der Waals surface area contributed by atoms with Crippen molar-refractivity contribution >= 4 is 16.7 Å². The highest BCUT2D eigenvalue weighted by atomic mass is 15.0. The predicted octanol–water partition coefficient (Wildman–Crippen LogP) is 3.57. The van der Waals surface area contributed by atoms with Gasteiger partial charge in [-0.25, -0.2) is 9.97 Å². The summed E-state index contributed by atoms with van der Waals surface area (Å²) in [6.45, 7) is 6.22. The van der Waals surface area contributed by atoms with Gasteiger partial charge in [-0.05, 0) is 12.1 Å². The van der Waals surface area contributed by atoms with Gasteiger partial charge in [-0.15, -0.1) is 0 Å². The average molecular weight is 278 g/mol. The number of hydrogen-bond acceptors (Lipinski definition) is 4. The Kier molecular flexibility index (Phi) is 3.09. The zero-order chi connectivity index (χ0) is 15.0. The normalized spacial score (nSPS) is 11.8. The molecule has 1 aromatic carbocycles. The van der Waals surface area contributed by atoms with E-state index in [2.05, 4.69) is 41.8 Å². The molecule has 2 N–H and O–H groups in total. The molecule has 4 heteroatoms. The number of rotatable bonds is 1. The van der Waals surface area contributed by atoms with E-state index in [1.807, 2.05) is 30.5 Å². The summed E-state index contributed by atoms with van der Waals surface area (Å²) in [5.74, 6) is 1.23. The topological polar surface area (TPSA) is 64.7 Å². The quantitative estimate of drug-likeness (QED) is 0.739. The van der Waals surface area contributed by atoms with Crippen molar-refractivity contribution in [2.75, 3.05) is 5.73 Å². The van der Waals surface area contributed by atoms with E-state index in [0.717, 1.165) is 28.0 Å². The van der Waals surface area contributed by atoms with Crippen molar-refractivity contribution in [2.45, 2.75) is 26.2 Å². The minimum Gasteiger partial charge on any atom is -0.384 e. The van der Waals surface area contributed by atoms with Gasteiger partial charge in [-0.2, -0.15) is 0 Å². The van der Waals surface area contributed by atoms with Gasteiger partial charge >= 0.3 is 0 Å². The van der Waals surface area contributed by atoms with Crippen LogP contribution in [0.3, 0.4) is 0 Å². The van der Waals surface area contributed by atoms with Gasteiger partial charge in [0.1, 0.15) is 11.6 Å². The Hall–Kier alpha value is -2.49. The molecule has 0 aliphatic rings. The Morgan fingerprint density at radius 3 is 2.52 bits per heavy atom. The third-order valence-electron chi connectivity index (χ3n) is 3.30. The number of anilines is 1. The molecule has 2 aromatic heterocycles. The maximum atomic E-state index is 5.93. The Bertz CT molecular complexity index is 803. The summed E-state index contributed by atoms with van der Waals surface area (Å²) < 4.78 is 0. The first-order valence-corrected chi connectivity index (χ1v) is 6.94. The Morgan fingerprint density at radius 1 is 1.00 bits per heavy atom. The number of pyridine rings is 1. The molecule has 21 heavy (non-hydrogen) atoms. The number of nitrogens with zero attached hydrogens (tertiary/aromatic N) is 3. The molecule has 0 saturated heterocycles. The average Bonchev–Trinajstić information content (AvgIpc) is 2.45. The van der Waals surface area contributed by atoms with Crippen LogP contribution in [0.25, 0.3) is 22.2 Å². The minimum atomic E-state index is -0.144. The smallest absolute Gasteiger partial charge is 0.136 e. The number of fused-ring (bicyclic) bond motifs is 1. The summed E-state index contributed by atoms with van der Waals surface area (Å²) in [7, 11) is 0. The fourth-order valence-electron chi connectivity index (χ4n) is 2.16. The lowest BCUT2D eigenvalue weighted by molar-refractivity contribution is 0.547. The summed E-state index contributed by atoms with van der Waals surface area (Å²) >= 11 is 0. The second-order valence-electron chi connectivity index (χ2n) is 6.17. The summed E-state index contributed by atoms with van der Waals surface area (Å²) in [5.41, 5.74) is 8.52. The van der Waals surface area contributed by atoms with Gasteiger partial charge in [0.15, 0.2) is 0 Å². The van der Waals surface area contributed by atoms with E-state index in [4.69, 9.17) is 5.73 Å². The predicted molar refractivity (Wildman–Crippen MR) is 85.9 cm³/mol. The van der Waals surface area contributed by atoms with Crippen LogP contribution in [0.5, 0.6) is 0 Å². The van der Waals surface area contributed by atoms with Crippen molar-refractivity contribution in [1.82, 2.24) is 15.0 Å². The second kappa shape index (κ2) is 4.81. The highest BCUT2D eigenvalue weighted by molar-refractivity contribution is 5.83. The fourth-order valence-corrected chi connectivity index (χ4v) is 2.16. The van der Waals surface area contributed by atoms with Crippen LogP contribution in [0, 0.1) is 0 Å². The van der Waals surface area contributed by atoms with Crippen molar-refractivity contribution < 1.29 is 0 Å². The number of para-hydroxylation sites is 1. The molecule has 0 aliphatic heterocycles. The molecule has 3 aromatic rings. The van der Waals surface area contributed by atoms with Crippen molar-refractivity contribution in [1.29, 1.82) is 0 Å². The molecule has 0 aliphatic carbocycles. The van der Waals surface area contributed by atoms with E-state index in [1.54, 1.807) is 6.07 Å². The summed E-state index contributed by atoms with van der Waals surface area (Å²) in [6, 6.07) is 11.9. The lowest BCUT2D eigenvalue weighted by Gasteiger charge is -2.17. The number of aromatic nitrogens is 3. The largest absolute Gasteiger partial charge is 0.384 e. The molecule has 3 rings (SSSR count). The minimum absolute atomic E-state index is 0.144. The first-order chi connectivity index (χ1) is 9.93. The fraction of sp³-hybridized carbons (Fsp3) is 0.235. The van der Waals surface area contributed by atoms with Gasteiger partial charge in [-0.3, -0.25) is 4.98 Å². The van der Waals surface area contributed by atoms with Crippen molar-refractivity contribution in [2.24, 2.45) is 0 Å². The van der Waals surface area contributed by atoms with Gasteiger partial charge in [0, 0.05) is 28.6 Å². The van der Waals surface area contributed by atoms with E-state index in [0.29, 0.717) is 5.82 Å². The van der Waals surface area contributed by atoms with Gasteiger partial charge in [0.2, 0.25) is 0 Å². The monoisotopic (exact) mass is 278 g/mol. The van der Waals surface area contributed by atoms with Gasteiger partial charge in [0.25, 0.3) is 0 Å². The third kappa shape index (κ3) is 2.70. The number of hydrogen-bond donors (Lipinski definition) is 1. The van der Waals surface area contributed by atoms with Gasteiger partial charge in [-0.1, -0.05) is 39.0 Å². The van der Waals surface area contributed by atoms with E-state index in [-0.39, 0.29) is 5.41 Å². The van der Waals surface area contributed by atoms with E-state index in [9.17, 15) is 0 Å². The molecule has 0 unspecified atom stereocenters. The van der Waals surface area contributed by atoms with Crippen LogP contribution >= 0.6 is 0 Å². The van der Waals surface area contributed by atoms with E-state index < -0.39 is 0 Å². The molecular formula is C17H18N4. The molecule has 0 fully saturated rings. The standard InChI is InChI=1S/C17H18N4/c1-17(2,3)16-20-14(9-15(18)21-16)12-8-11-6-4-5-7-13(11)19-10-12/h4-10H,1-3H3,(H2,18,20,21). The molecule has 0 radical (unpaired) electrons. The Labute approximate surface area is 124 Å². The Morgan fingerprint density at radius 2 is 1.76 bits per heavy atom. The Balaban J connectivity index is 2.16. The molecule has 106 valence electrons. The zero-order valence-electron chi connectivity index (χ0n) is 12.5. The van der Waals surface area contributed by atoms with Crippen LogP contribution in [0.1, 0.15) is 26.6 Å². The van der Waals surface area contributed by atoms with Gasteiger partial charge in [0.05, 0.1) is 11.2 Å². The molecule has 0 atom stereocenters. The van der Waals surface area contributed by atoms with E-state index >= 15 is 0 Å². The van der Waals surface area contributed by atoms with Crippen LogP contribution in [0.15, 0.2) is 42.6 Å². The lowest BCUT2D eigenvalue weighted by Crippen LogP contribution is -2.17.